The van der Waals surface area contributed by atoms with Crippen molar-refractivity contribution in [1.82, 2.24) is 10.2 Å². The number of hydrogen-bond donors (Lipinski definition) is 1. The Morgan fingerprint density at radius 3 is 2.70 bits per heavy atom. The van der Waals surface area contributed by atoms with Gasteiger partial charge < -0.3 is 24.3 Å². The topological polar surface area (TPSA) is 86.3 Å². The molecule has 0 aliphatic carbocycles. The van der Waals surface area contributed by atoms with Gasteiger partial charge in [-0.1, -0.05) is 17.7 Å². The first-order valence-corrected chi connectivity index (χ1v) is 9.96. The van der Waals surface area contributed by atoms with E-state index in [1.807, 2.05) is 0 Å². The van der Waals surface area contributed by atoms with Crippen LogP contribution in [0.15, 0.2) is 30.3 Å². The molecule has 1 atom stereocenters. The van der Waals surface area contributed by atoms with Crippen molar-refractivity contribution in [2.45, 2.75) is 25.4 Å². The Morgan fingerprint density at radius 2 is 1.83 bits per heavy atom. The van der Waals surface area contributed by atoms with Crippen LogP contribution in [-0.4, -0.2) is 36.8 Å². The van der Waals surface area contributed by atoms with Crippen LogP contribution in [0.2, 0.25) is 5.02 Å². The summed E-state index contributed by atoms with van der Waals surface area (Å²) < 4.78 is 22.1. The number of carbonyl (C=O) groups is 2. The van der Waals surface area contributed by atoms with Gasteiger partial charge in [-0.05, 0) is 42.3 Å². The molecule has 5 rings (SSSR count). The second-order valence-corrected chi connectivity index (χ2v) is 7.88. The molecule has 3 amide bonds. The summed E-state index contributed by atoms with van der Waals surface area (Å²) in [5.74, 6) is 1.79. The van der Waals surface area contributed by atoms with E-state index < -0.39 is 11.6 Å². The molecule has 3 aliphatic rings. The third-order valence-electron chi connectivity index (χ3n) is 5.43. The van der Waals surface area contributed by atoms with E-state index in [0.29, 0.717) is 52.4 Å². The quantitative estimate of drug-likeness (QED) is 0.752. The zero-order chi connectivity index (χ0) is 20.9. The number of urea groups is 1. The lowest BCUT2D eigenvalue weighted by Crippen LogP contribution is -2.40. The van der Waals surface area contributed by atoms with Crippen LogP contribution in [0.1, 0.15) is 24.5 Å². The molecule has 9 heteroatoms. The smallest absolute Gasteiger partial charge is 0.325 e. The minimum Gasteiger partial charge on any atom is -0.489 e. The largest absolute Gasteiger partial charge is 0.489 e. The van der Waals surface area contributed by atoms with Crippen molar-refractivity contribution in [2.75, 3.05) is 20.0 Å². The van der Waals surface area contributed by atoms with Crippen LogP contribution in [0.25, 0.3) is 0 Å². The zero-order valence-corrected chi connectivity index (χ0v) is 17.0. The second kappa shape index (κ2) is 6.98. The van der Waals surface area contributed by atoms with Gasteiger partial charge >= 0.3 is 6.03 Å². The minimum atomic E-state index is -1.22. The van der Waals surface area contributed by atoms with Crippen molar-refractivity contribution in [1.29, 1.82) is 0 Å². The molecular formula is C21H19ClN2O6. The first-order chi connectivity index (χ1) is 14.5. The van der Waals surface area contributed by atoms with Gasteiger partial charge in [0.15, 0.2) is 23.0 Å². The Bertz CT molecular complexity index is 1060. The van der Waals surface area contributed by atoms with Crippen LogP contribution in [0.4, 0.5) is 4.79 Å². The molecule has 30 heavy (non-hydrogen) atoms. The highest BCUT2D eigenvalue weighted by atomic mass is 35.5. The van der Waals surface area contributed by atoms with E-state index in [4.69, 9.17) is 30.5 Å². The molecule has 0 spiro atoms. The second-order valence-electron chi connectivity index (χ2n) is 7.47. The van der Waals surface area contributed by atoms with Crippen LogP contribution in [0, 0.1) is 0 Å². The van der Waals surface area contributed by atoms with Crippen LogP contribution in [0.3, 0.4) is 0 Å². The summed E-state index contributed by atoms with van der Waals surface area (Å²) >= 11 is 6.35. The number of halogens is 1. The summed E-state index contributed by atoms with van der Waals surface area (Å²) in [6, 6.07) is 8.15. The van der Waals surface area contributed by atoms with Crippen molar-refractivity contribution in [3.63, 3.8) is 0 Å². The number of fused-ring (bicyclic) bond motifs is 2. The Kier molecular flexibility index (Phi) is 4.39. The molecule has 1 N–H and O–H groups in total. The van der Waals surface area contributed by atoms with E-state index in [1.54, 1.807) is 37.3 Å². The molecule has 0 bridgehead atoms. The molecule has 0 saturated carbocycles. The van der Waals surface area contributed by atoms with Gasteiger partial charge in [0.2, 0.25) is 6.79 Å². The number of nitrogens with one attached hydrogen (secondary N) is 1. The van der Waals surface area contributed by atoms with Crippen molar-refractivity contribution in [3.05, 3.63) is 46.5 Å². The van der Waals surface area contributed by atoms with Gasteiger partial charge in [-0.3, -0.25) is 9.69 Å². The standard InChI is InChI=1S/C21H19ClN2O6/c1-21(13-3-4-15-16(9-13)30-11-29-15)19(25)24(20(26)23-21)10-12-7-14(22)18-17(8-12)27-5-2-6-28-18/h3-4,7-9H,2,5-6,10-11H2,1H3,(H,23,26)/t21-/m0/s1. The Labute approximate surface area is 177 Å². The first kappa shape index (κ1) is 18.9. The molecule has 2 aromatic carbocycles. The molecule has 0 unspecified atom stereocenters. The fourth-order valence-electron chi connectivity index (χ4n) is 3.80. The maximum absolute atomic E-state index is 13.3. The van der Waals surface area contributed by atoms with E-state index in [9.17, 15) is 9.59 Å². The average molecular weight is 431 g/mol. The van der Waals surface area contributed by atoms with Crippen LogP contribution in [0.5, 0.6) is 23.0 Å². The SMILES string of the molecule is C[C@@]1(c2ccc3c(c2)OCO3)NC(=O)N(Cc2cc(Cl)c3c(c2)OCCCO3)C1=O. The molecule has 3 heterocycles. The highest BCUT2D eigenvalue weighted by Crippen LogP contribution is 2.40. The van der Waals surface area contributed by atoms with Gasteiger partial charge in [-0.15, -0.1) is 0 Å². The lowest BCUT2D eigenvalue weighted by Gasteiger charge is -2.22. The molecule has 156 valence electrons. The number of amides is 3. The third kappa shape index (κ3) is 2.99. The summed E-state index contributed by atoms with van der Waals surface area (Å²) in [5, 5.41) is 3.18. The van der Waals surface area contributed by atoms with Crippen molar-refractivity contribution < 1.29 is 28.5 Å². The summed E-state index contributed by atoms with van der Waals surface area (Å²) in [7, 11) is 0. The fraction of sp³-hybridized carbons (Fsp3) is 0.333. The van der Waals surface area contributed by atoms with Gasteiger partial charge in [-0.25, -0.2) is 4.79 Å². The molecular weight excluding hydrogens is 412 g/mol. The maximum atomic E-state index is 13.3. The normalized spacial score (nSPS) is 22.1. The number of nitrogens with zero attached hydrogens (tertiary/aromatic N) is 1. The highest BCUT2D eigenvalue weighted by Gasteiger charge is 2.49. The molecule has 1 fully saturated rings. The van der Waals surface area contributed by atoms with Crippen molar-refractivity contribution in [3.8, 4) is 23.0 Å². The predicted molar refractivity (Wildman–Crippen MR) is 106 cm³/mol. The molecule has 2 aromatic rings. The number of rotatable bonds is 3. The molecule has 0 aromatic heterocycles. The third-order valence-corrected chi connectivity index (χ3v) is 5.71. The highest BCUT2D eigenvalue weighted by molar-refractivity contribution is 6.32. The maximum Gasteiger partial charge on any atom is 0.325 e. The van der Waals surface area contributed by atoms with Crippen LogP contribution >= 0.6 is 11.6 Å². The minimum absolute atomic E-state index is 0.0567. The van der Waals surface area contributed by atoms with Crippen LogP contribution < -0.4 is 24.3 Å². The van der Waals surface area contributed by atoms with Crippen molar-refractivity contribution in [2.24, 2.45) is 0 Å². The molecule has 8 nitrogen and oxygen atoms in total. The Balaban J connectivity index is 1.42. The summed E-state index contributed by atoms with van der Waals surface area (Å²) in [4.78, 5) is 27.1. The number of carbonyl (C=O) groups excluding carboxylic acids is 2. The van der Waals surface area contributed by atoms with E-state index in [-0.39, 0.29) is 19.2 Å². The van der Waals surface area contributed by atoms with Gasteiger partial charge in [0.05, 0.1) is 24.8 Å². The molecule has 1 saturated heterocycles. The Hall–Kier alpha value is -3.13. The average Bonchev–Trinajstić information content (AvgIpc) is 3.17. The first-order valence-electron chi connectivity index (χ1n) is 9.58. The van der Waals surface area contributed by atoms with Gasteiger partial charge in [0.25, 0.3) is 5.91 Å². The van der Waals surface area contributed by atoms with Crippen LogP contribution in [-0.2, 0) is 16.9 Å². The Morgan fingerprint density at radius 1 is 1.03 bits per heavy atom. The monoisotopic (exact) mass is 430 g/mol. The van der Waals surface area contributed by atoms with Crippen molar-refractivity contribution >= 4 is 23.5 Å². The lowest BCUT2D eigenvalue weighted by atomic mass is 9.91. The number of imide groups is 1. The van der Waals surface area contributed by atoms with Gasteiger partial charge in [-0.2, -0.15) is 0 Å². The predicted octanol–water partition coefficient (Wildman–Crippen LogP) is 3.20. The number of benzene rings is 2. The van der Waals surface area contributed by atoms with Gasteiger partial charge in [0.1, 0.15) is 5.54 Å². The molecule has 3 aliphatic heterocycles. The zero-order valence-electron chi connectivity index (χ0n) is 16.2. The van der Waals surface area contributed by atoms with E-state index in [2.05, 4.69) is 5.32 Å². The number of ether oxygens (including phenoxy) is 4. The fourth-order valence-corrected chi connectivity index (χ4v) is 4.09. The summed E-state index contributed by atoms with van der Waals surface area (Å²) in [6.45, 7) is 2.89. The summed E-state index contributed by atoms with van der Waals surface area (Å²) in [5.41, 5.74) is 0.0691. The number of hydrogen-bond acceptors (Lipinski definition) is 6. The summed E-state index contributed by atoms with van der Waals surface area (Å²) in [6.07, 6.45) is 0.751. The van der Waals surface area contributed by atoms with E-state index >= 15 is 0 Å². The van der Waals surface area contributed by atoms with E-state index in [0.717, 1.165) is 6.42 Å². The van der Waals surface area contributed by atoms with E-state index in [1.165, 1.54) is 4.90 Å². The lowest BCUT2D eigenvalue weighted by molar-refractivity contribution is -0.131. The van der Waals surface area contributed by atoms with Gasteiger partial charge in [0, 0.05) is 6.42 Å². The molecule has 0 radical (unpaired) electrons.